The van der Waals surface area contributed by atoms with E-state index in [1.807, 2.05) is 0 Å². The molecule has 2 heterocycles. The molecule has 0 fully saturated rings. The van der Waals surface area contributed by atoms with Crippen LogP contribution < -0.4 is 15.4 Å². The largest absolute Gasteiger partial charge is 0.496 e. The monoisotopic (exact) mass is 389 g/mol. The van der Waals surface area contributed by atoms with E-state index >= 15 is 0 Å². The molecule has 28 heavy (non-hydrogen) atoms. The zero-order chi connectivity index (χ0) is 20.1. The minimum Gasteiger partial charge on any atom is -0.496 e. The molecule has 2 aliphatic rings. The van der Waals surface area contributed by atoms with Crippen LogP contribution >= 0.6 is 0 Å². The summed E-state index contributed by atoms with van der Waals surface area (Å²) < 4.78 is 15.5. The van der Waals surface area contributed by atoms with E-state index in [4.69, 9.17) is 14.2 Å². The van der Waals surface area contributed by atoms with E-state index in [9.17, 15) is 14.4 Å². The number of para-hydroxylation sites is 1. The molecule has 3 amide bonds. The molecule has 0 radical (unpaired) electrons. The number of ether oxygens (including phenoxy) is 3. The lowest BCUT2D eigenvalue weighted by molar-refractivity contribution is -0.136. The molecule has 0 aliphatic carbocycles. The fourth-order valence-corrected chi connectivity index (χ4v) is 3.26. The Hall–Kier alpha value is -3.07. The Morgan fingerprint density at radius 3 is 2.86 bits per heavy atom. The van der Waals surface area contributed by atoms with Crippen LogP contribution in [0.3, 0.4) is 0 Å². The number of hydrogen-bond acceptors (Lipinski definition) is 6. The third-order valence-electron chi connectivity index (χ3n) is 4.60. The zero-order valence-electron chi connectivity index (χ0n) is 15.8. The van der Waals surface area contributed by atoms with Crippen LogP contribution in [-0.2, 0) is 19.1 Å². The minimum atomic E-state index is -0.699. The van der Waals surface area contributed by atoms with Gasteiger partial charge in [-0.05, 0) is 12.5 Å². The molecule has 0 bridgehead atoms. The van der Waals surface area contributed by atoms with Crippen LogP contribution in [0.1, 0.15) is 18.0 Å². The molecule has 3 rings (SSSR count). The number of nitrogens with zero attached hydrogens (tertiary/aromatic N) is 1. The standard InChI is InChI=1S/C19H23N3O6/c1-26-9-5-8-20-15(23)10-22-13-11-28-18(24)16(13)17(21-19(22)25)12-6-3-4-7-14(12)27-2/h3-4,6-7,17H,5,8-11H2,1-2H3,(H,20,23)(H,21,25)/t17-/m1/s1. The molecule has 150 valence electrons. The van der Waals surface area contributed by atoms with Crippen molar-refractivity contribution in [3.63, 3.8) is 0 Å². The van der Waals surface area contributed by atoms with Gasteiger partial charge in [-0.3, -0.25) is 9.69 Å². The molecular weight excluding hydrogens is 366 g/mol. The quantitative estimate of drug-likeness (QED) is 0.501. The number of amides is 3. The molecule has 9 nitrogen and oxygen atoms in total. The average Bonchev–Trinajstić information content (AvgIpc) is 3.09. The van der Waals surface area contributed by atoms with Gasteiger partial charge in [0.15, 0.2) is 0 Å². The van der Waals surface area contributed by atoms with Crippen molar-refractivity contribution < 1.29 is 28.6 Å². The van der Waals surface area contributed by atoms with Crippen molar-refractivity contribution in [3.8, 4) is 5.75 Å². The Labute approximate surface area is 162 Å². The van der Waals surface area contributed by atoms with Crippen LogP contribution in [0.2, 0.25) is 0 Å². The van der Waals surface area contributed by atoms with Gasteiger partial charge in [0.05, 0.1) is 24.4 Å². The summed E-state index contributed by atoms with van der Waals surface area (Å²) in [5, 5.41) is 5.52. The van der Waals surface area contributed by atoms with Gasteiger partial charge in [0.1, 0.15) is 18.9 Å². The highest BCUT2D eigenvalue weighted by Crippen LogP contribution is 2.38. The van der Waals surface area contributed by atoms with Crippen molar-refractivity contribution in [1.29, 1.82) is 0 Å². The highest BCUT2D eigenvalue weighted by atomic mass is 16.5. The normalized spacial score (nSPS) is 18.5. The SMILES string of the molecule is COCCCNC(=O)CN1C(=O)N[C@H](c2ccccc2OC)C2=C1COC2=O. The Bertz CT molecular complexity index is 807. The highest BCUT2D eigenvalue weighted by molar-refractivity contribution is 5.98. The molecule has 0 spiro atoms. The second-order valence-electron chi connectivity index (χ2n) is 6.34. The van der Waals surface area contributed by atoms with Gasteiger partial charge in [-0.1, -0.05) is 18.2 Å². The fraction of sp³-hybridized carbons (Fsp3) is 0.421. The zero-order valence-corrected chi connectivity index (χ0v) is 15.8. The van der Waals surface area contributed by atoms with Gasteiger partial charge in [0.2, 0.25) is 5.91 Å². The lowest BCUT2D eigenvalue weighted by Crippen LogP contribution is -2.50. The molecule has 0 aromatic heterocycles. The van der Waals surface area contributed by atoms with E-state index in [2.05, 4.69) is 10.6 Å². The minimum absolute atomic E-state index is 0.0514. The van der Waals surface area contributed by atoms with Crippen molar-refractivity contribution in [2.24, 2.45) is 0 Å². The first-order valence-electron chi connectivity index (χ1n) is 8.93. The molecule has 1 aromatic carbocycles. The van der Waals surface area contributed by atoms with Crippen LogP contribution in [0.5, 0.6) is 5.75 Å². The number of methoxy groups -OCH3 is 2. The Morgan fingerprint density at radius 2 is 2.11 bits per heavy atom. The molecule has 1 aromatic rings. The van der Waals surface area contributed by atoms with Gasteiger partial charge in [-0.15, -0.1) is 0 Å². The maximum atomic E-state index is 12.7. The smallest absolute Gasteiger partial charge is 0.338 e. The molecular formula is C19H23N3O6. The Morgan fingerprint density at radius 1 is 1.32 bits per heavy atom. The number of nitrogens with one attached hydrogen (secondary N) is 2. The van der Waals surface area contributed by atoms with Crippen molar-refractivity contribution in [2.75, 3.05) is 40.5 Å². The van der Waals surface area contributed by atoms with Crippen LogP contribution in [0.25, 0.3) is 0 Å². The summed E-state index contributed by atoms with van der Waals surface area (Å²) >= 11 is 0. The lowest BCUT2D eigenvalue weighted by atomic mass is 9.95. The summed E-state index contributed by atoms with van der Waals surface area (Å²) in [7, 11) is 3.11. The summed E-state index contributed by atoms with van der Waals surface area (Å²) in [6, 6.07) is 5.95. The van der Waals surface area contributed by atoms with Gasteiger partial charge >= 0.3 is 12.0 Å². The summed E-state index contributed by atoms with van der Waals surface area (Å²) in [6.45, 7) is 0.715. The second kappa shape index (κ2) is 8.75. The van der Waals surface area contributed by atoms with Gasteiger partial charge in [-0.25, -0.2) is 9.59 Å². The molecule has 2 aliphatic heterocycles. The lowest BCUT2D eigenvalue weighted by Gasteiger charge is -2.32. The van der Waals surface area contributed by atoms with Crippen LogP contribution in [0, 0.1) is 0 Å². The van der Waals surface area contributed by atoms with E-state index in [0.29, 0.717) is 42.2 Å². The number of carbonyl (C=O) groups excluding carboxylic acids is 3. The average molecular weight is 389 g/mol. The van der Waals surface area contributed by atoms with Crippen molar-refractivity contribution >= 4 is 17.9 Å². The van der Waals surface area contributed by atoms with Gasteiger partial charge < -0.3 is 24.8 Å². The van der Waals surface area contributed by atoms with Gasteiger partial charge in [0, 0.05) is 25.8 Å². The number of esters is 1. The summed E-state index contributed by atoms with van der Waals surface area (Å²) in [6.07, 6.45) is 0.667. The maximum absolute atomic E-state index is 12.7. The number of rotatable bonds is 8. The van der Waals surface area contributed by atoms with Crippen molar-refractivity contribution in [1.82, 2.24) is 15.5 Å². The molecule has 0 unspecified atom stereocenters. The van der Waals surface area contributed by atoms with E-state index in [0.717, 1.165) is 0 Å². The third-order valence-corrected chi connectivity index (χ3v) is 4.60. The number of cyclic esters (lactones) is 1. The van der Waals surface area contributed by atoms with Crippen molar-refractivity contribution in [2.45, 2.75) is 12.5 Å². The molecule has 9 heteroatoms. The first kappa shape index (κ1) is 19.7. The van der Waals surface area contributed by atoms with E-state index in [-0.39, 0.29) is 19.1 Å². The molecule has 1 atom stereocenters. The predicted molar refractivity (Wildman–Crippen MR) is 98.5 cm³/mol. The highest BCUT2D eigenvalue weighted by Gasteiger charge is 2.43. The summed E-state index contributed by atoms with van der Waals surface area (Å²) in [5.74, 6) is -0.298. The van der Waals surface area contributed by atoms with Crippen LogP contribution in [0.4, 0.5) is 4.79 Å². The van der Waals surface area contributed by atoms with Gasteiger partial charge in [0.25, 0.3) is 0 Å². The van der Waals surface area contributed by atoms with Gasteiger partial charge in [-0.2, -0.15) is 0 Å². The molecule has 0 saturated heterocycles. The third kappa shape index (κ3) is 3.94. The Kier molecular flexibility index (Phi) is 6.15. The second-order valence-corrected chi connectivity index (χ2v) is 6.34. The first-order chi connectivity index (χ1) is 13.6. The Balaban J connectivity index is 1.83. The van der Waals surface area contributed by atoms with E-state index in [1.54, 1.807) is 31.4 Å². The van der Waals surface area contributed by atoms with Crippen molar-refractivity contribution in [3.05, 3.63) is 41.1 Å². The fourth-order valence-electron chi connectivity index (χ4n) is 3.26. The molecule has 2 N–H and O–H groups in total. The number of carbonyl (C=O) groups is 3. The van der Waals surface area contributed by atoms with E-state index < -0.39 is 18.0 Å². The number of hydrogen-bond donors (Lipinski definition) is 2. The topological polar surface area (TPSA) is 106 Å². The van der Waals surface area contributed by atoms with Crippen LogP contribution in [-0.4, -0.2) is 63.3 Å². The first-order valence-corrected chi connectivity index (χ1v) is 8.93. The van der Waals surface area contributed by atoms with Crippen LogP contribution in [0.15, 0.2) is 35.5 Å². The number of benzene rings is 1. The maximum Gasteiger partial charge on any atom is 0.338 e. The predicted octanol–water partition coefficient (Wildman–Crippen LogP) is 0.725. The summed E-state index contributed by atoms with van der Waals surface area (Å²) in [4.78, 5) is 38.5. The summed E-state index contributed by atoms with van der Waals surface area (Å²) in [5.41, 5.74) is 1.36. The number of urea groups is 1. The molecule has 0 saturated carbocycles. The van der Waals surface area contributed by atoms with E-state index in [1.165, 1.54) is 12.0 Å².